The Balaban J connectivity index is 2.27. The SMILES string of the molecule is CC(C)C1CC(O)(c2ccncc2F)CCO1. The molecule has 1 saturated heterocycles. The molecule has 0 aromatic carbocycles. The summed E-state index contributed by atoms with van der Waals surface area (Å²) in [6.45, 7) is 4.54. The average molecular weight is 239 g/mol. The summed E-state index contributed by atoms with van der Waals surface area (Å²) < 4.78 is 19.3. The molecule has 2 heterocycles. The second kappa shape index (κ2) is 4.70. The standard InChI is InChI=1S/C13H18FNO2/c1-9(2)12-7-13(16,4-6-17-12)10-3-5-15-8-11(10)14/h3,5,8-9,12,16H,4,6-7H2,1-2H3. The molecule has 0 radical (unpaired) electrons. The minimum Gasteiger partial charge on any atom is -0.385 e. The lowest BCUT2D eigenvalue weighted by atomic mass is 9.81. The Morgan fingerprint density at radius 2 is 2.35 bits per heavy atom. The normalized spacial score (nSPS) is 29.6. The van der Waals surface area contributed by atoms with Crippen LogP contribution in [0.25, 0.3) is 0 Å². The smallest absolute Gasteiger partial charge is 0.147 e. The molecule has 0 aliphatic carbocycles. The topological polar surface area (TPSA) is 42.4 Å². The van der Waals surface area contributed by atoms with Gasteiger partial charge in [-0.1, -0.05) is 13.8 Å². The molecule has 0 amide bonds. The van der Waals surface area contributed by atoms with Crippen molar-refractivity contribution in [3.05, 3.63) is 29.8 Å². The highest BCUT2D eigenvalue weighted by atomic mass is 19.1. The summed E-state index contributed by atoms with van der Waals surface area (Å²) in [4.78, 5) is 3.71. The van der Waals surface area contributed by atoms with Crippen LogP contribution in [-0.2, 0) is 10.3 Å². The van der Waals surface area contributed by atoms with Crippen LogP contribution in [0.2, 0.25) is 0 Å². The number of hydrogen-bond acceptors (Lipinski definition) is 3. The van der Waals surface area contributed by atoms with E-state index < -0.39 is 11.4 Å². The Bertz CT molecular complexity index is 397. The van der Waals surface area contributed by atoms with Crippen molar-refractivity contribution in [1.82, 2.24) is 4.98 Å². The van der Waals surface area contributed by atoms with E-state index in [0.29, 0.717) is 30.9 Å². The molecular formula is C13H18FNO2. The van der Waals surface area contributed by atoms with Crippen molar-refractivity contribution >= 4 is 0 Å². The minimum atomic E-state index is -1.12. The largest absolute Gasteiger partial charge is 0.385 e. The maximum atomic E-state index is 13.7. The van der Waals surface area contributed by atoms with Gasteiger partial charge in [-0.2, -0.15) is 0 Å². The van der Waals surface area contributed by atoms with Gasteiger partial charge >= 0.3 is 0 Å². The zero-order chi connectivity index (χ0) is 12.5. The number of pyridine rings is 1. The number of rotatable bonds is 2. The number of ether oxygens (including phenoxy) is 1. The first kappa shape index (κ1) is 12.5. The van der Waals surface area contributed by atoms with Gasteiger partial charge in [-0.3, -0.25) is 4.98 Å². The van der Waals surface area contributed by atoms with E-state index in [9.17, 15) is 9.50 Å². The number of aliphatic hydroxyl groups is 1. The molecule has 0 spiro atoms. The Labute approximate surface area is 101 Å². The van der Waals surface area contributed by atoms with Crippen LogP contribution in [0.1, 0.15) is 32.3 Å². The van der Waals surface area contributed by atoms with Crippen LogP contribution in [0.5, 0.6) is 0 Å². The van der Waals surface area contributed by atoms with Crippen LogP contribution < -0.4 is 0 Å². The van der Waals surface area contributed by atoms with Crippen LogP contribution in [0, 0.1) is 11.7 Å². The fraction of sp³-hybridized carbons (Fsp3) is 0.615. The molecule has 1 N–H and O–H groups in total. The lowest BCUT2D eigenvalue weighted by Crippen LogP contribution is -2.41. The zero-order valence-electron chi connectivity index (χ0n) is 10.2. The first-order valence-electron chi connectivity index (χ1n) is 5.97. The molecule has 1 aliphatic heterocycles. The number of aromatic nitrogens is 1. The molecule has 17 heavy (non-hydrogen) atoms. The van der Waals surface area contributed by atoms with Gasteiger partial charge in [0.15, 0.2) is 0 Å². The summed E-state index contributed by atoms with van der Waals surface area (Å²) in [5.41, 5.74) is -0.790. The van der Waals surface area contributed by atoms with Crippen molar-refractivity contribution in [1.29, 1.82) is 0 Å². The average Bonchev–Trinajstić information content (AvgIpc) is 2.29. The predicted octanol–water partition coefficient (Wildman–Crippen LogP) is 2.24. The Kier molecular flexibility index (Phi) is 3.45. The van der Waals surface area contributed by atoms with Gasteiger partial charge in [-0.05, 0) is 12.0 Å². The number of halogens is 1. The monoisotopic (exact) mass is 239 g/mol. The summed E-state index contributed by atoms with van der Waals surface area (Å²) in [5, 5.41) is 10.6. The van der Waals surface area contributed by atoms with Crippen LogP contribution in [0.4, 0.5) is 4.39 Å². The third-order valence-electron chi connectivity index (χ3n) is 3.40. The van der Waals surface area contributed by atoms with E-state index in [1.807, 2.05) is 13.8 Å². The molecule has 3 nitrogen and oxygen atoms in total. The molecule has 2 unspecified atom stereocenters. The predicted molar refractivity (Wildman–Crippen MR) is 61.9 cm³/mol. The van der Waals surface area contributed by atoms with E-state index in [0.717, 1.165) is 6.20 Å². The summed E-state index contributed by atoms with van der Waals surface area (Å²) in [7, 11) is 0. The lowest BCUT2D eigenvalue weighted by Gasteiger charge is -2.38. The van der Waals surface area contributed by atoms with Crippen molar-refractivity contribution in [2.75, 3.05) is 6.61 Å². The molecule has 0 saturated carbocycles. The second-order valence-corrected chi connectivity index (χ2v) is 4.99. The molecule has 2 atom stereocenters. The van der Waals surface area contributed by atoms with Crippen molar-refractivity contribution in [2.24, 2.45) is 5.92 Å². The molecule has 2 rings (SSSR count). The third-order valence-corrected chi connectivity index (χ3v) is 3.40. The van der Waals surface area contributed by atoms with Crippen LogP contribution in [0.15, 0.2) is 18.5 Å². The molecule has 1 aromatic rings. The van der Waals surface area contributed by atoms with E-state index in [4.69, 9.17) is 4.74 Å². The Morgan fingerprint density at radius 1 is 1.59 bits per heavy atom. The van der Waals surface area contributed by atoms with Crippen molar-refractivity contribution < 1.29 is 14.2 Å². The molecule has 0 bridgehead atoms. The van der Waals surface area contributed by atoms with Gasteiger partial charge in [0.2, 0.25) is 0 Å². The van der Waals surface area contributed by atoms with Gasteiger partial charge in [0.25, 0.3) is 0 Å². The van der Waals surface area contributed by atoms with Crippen LogP contribution >= 0.6 is 0 Å². The van der Waals surface area contributed by atoms with Crippen LogP contribution in [0.3, 0.4) is 0 Å². The van der Waals surface area contributed by atoms with E-state index in [1.54, 1.807) is 6.07 Å². The maximum absolute atomic E-state index is 13.7. The summed E-state index contributed by atoms with van der Waals surface area (Å²) in [6, 6.07) is 1.55. The quantitative estimate of drug-likeness (QED) is 0.860. The summed E-state index contributed by atoms with van der Waals surface area (Å²) in [6.07, 6.45) is 3.49. The summed E-state index contributed by atoms with van der Waals surface area (Å²) in [5.74, 6) is -0.133. The number of nitrogens with zero attached hydrogens (tertiary/aromatic N) is 1. The molecule has 1 aromatic heterocycles. The minimum absolute atomic E-state index is 0.0266. The summed E-state index contributed by atoms with van der Waals surface area (Å²) >= 11 is 0. The molecule has 94 valence electrons. The maximum Gasteiger partial charge on any atom is 0.147 e. The van der Waals surface area contributed by atoms with Crippen molar-refractivity contribution in [3.8, 4) is 0 Å². The zero-order valence-corrected chi connectivity index (χ0v) is 10.2. The van der Waals surface area contributed by atoms with Gasteiger partial charge in [-0.15, -0.1) is 0 Å². The van der Waals surface area contributed by atoms with Gasteiger partial charge in [-0.25, -0.2) is 4.39 Å². The fourth-order valence-electron chi connectivity index (χ4n) is 2.30. The van der Waals surface area contributed by atoms with Gasteiger partial charge in [0.1, 0.15) is 5.82 Å². The van der Waals surface area contributed by atoms with Gasteiger partial charge < -0.3 is 9.84 Å². The van der Waals surface area contributed by atoms with E-state index >= 15 is 0 Å². The second-order valence-electron chi connectivity index (χ2n) is 4.99. The first-order chi connectivity index (χ1) is 8.03. The number of hydrogen-bond donors (Lipinski definition) is 1. The highest BCUT2D eigenvalue weighted by Gasteiger charge is 2.39. The Hall–Kier alpha value is -1.00. The van der Waals surface area contributed by atoms with Crippen molar-refractivity contribution in [3.63, 3.8) is 0 Å². The van der Waals surface area contributed by atoms with Gasteiger partial charge in [0, 0.05) is 24.6 Å². The highest BCUT2D eigenvalue weighted by Crippen LogP contribution is 2.37. The molecule has 4 heteroatoms. The Morgan fingerprint density at radius 3 is 3.00 bits per heavy atom. The molecule has 1 fully saturated rings. The first-order valence-corrected chi connectivity index (χ1v) is 5.97. The van der Waals surface area contributed by atoms with E-state index in [2.05, 4.69) is 4.98 Å². The van der Waals surface area contributed by atoms with E-state index in [1.165, 1.54) is 6.20 Å². The molecular weight excluding hydrogens is 221 g/mol. The molecule has 1 aliphatic rings. The third kappa shape index (κ3) is 2.48. The lowest BCUT2D eigenvalue weighted by molar-refractivity contribution is -0.122. The van der Waals surface area contributed by atoms with Crippen molar-refractivity contribution in [2.45, 2.75) is 38.4 Å². The van der Waals surface area contributed by atoms with Crippen LogP contribution in [-0.4, -0.2) is 22.8 Å². The fourth-order valence-corrected chi connectivity index (χ4v) is 2.30. The van der Waals surface area contributed by atoms with E-state index in [-0.39, 0.29) is 6.10 Å². The highest BCUT2D eigenvalue weighted by molar-refractivity contribution is 5.22. The van der Waals surface area contributed by atoms with Gasteiger partial charge in [0.05, 0.1) is 24.5 Å².